The van der Waals surface area contributed by atoms with Crippen LogP contribution in [0.15, 0.2) is 84.2 Å². The maximum Gasteiger partial charge on any atom is 0.194 e. The molecule has 4 rings (SSSR count). The van der Waals surface area contributed by atoms with Crippen molar-refractivity contribution in [1.29, 1.82) is 0 Å². The summed E-state index contributed by atoms with van der Waals surface area (Å²) >= 11 is 0. The lowest BCUT2D eigenvalue weighted by Crippen LogP contribution is -2.38. The van der Waals surface area contributed by atoms with E-state index in [-0.39, 0.29) is 24.0 Å². The van der Waals surface area contributed by atoms with Crippen LogP contribution in [-0.4, -0.2) is 44.7 Å². The van der Waals surface area contributed by atoms with Gasteiger partial charge in [0.15, 0.2) is 5.96 Å². The van der Waals surface area contributed by atoms with Crippen LogP contribution < -0.4 is 5.32 Å². The van der Waals surface area contributed by atoms with Crippen LogP contribution in [0.3, 0.4) is 0 Å². The van der Waals surface area contributed by atoms with Gasteiger partial charge in [-0.05, 0) is 29.3 Å². The molecule has 0 amide bonds. The molecular formula is C23H26IN7. The van der Waals surface area contributed by atoms with Crippen LogP contribution in [0.1, 0.15) is 11.4 Å². The molecule has 0 bridgehead atoms. The number of nitrogens with zero attached hydrogens (tertiary/aromatic N) is 5. The van der Waals surface area contributed by atoms with E-state index < -0.39 is 0 Å². The van der Waals surface area contributed by atoms with Crippen LogP contribution in [0, 0.1) is 0 Å². The summed E-state index contributed by atoms with van der Waals surface area (Å²) in [5.41, 5.74) is 4.32. The number of H-pyrrole nitrogens is 1. The third-order valence-corrected chi connectivity index (χ3v) is 4.80. The summed E-state index contributed by atoms with van der Waals surface area (Å²) < 4.78 is 1.85. The highest BCUT2D eigenvalue weighted by Gasteiger charge is 2.10. The predicted octanol–water partition coefficient (Wildman–Crippen LogP) is 4.09. The van der Waals surface area contributed by atoms with Crippen molar-refractivity contribution < 1.29 is 0 Å². The quantitative estimate of drug-likeness (QED) is 0.225. The molecule has 0 saturated heterocycles. The first-order chi connectivity index (χ1) is 14.7. The van der Waals surface area contributed by atoms with Crippen molar-refractivity contribution >= 4 is 29.9 Å². The zero-order valence-electron chi connectivity index (χ0n) is 17.6. The third kappa shape index (κ3) is 5.72. The van der Waals surface area contributed by atoms with E-state index in [1.54, 1.807) is 13.2 Å². The lowest BCUT2D eigenvalue weighted by Gasteiger charge is -2.21. The van der Waals surface area contributed by atoms with Gasteiger partial charge in [0.1, 0.15) is 5.82 Å². The molecule has 4 aromatic rings. The van der Waals surface area contributed by atoms with E-state index in [2.05, 4.69) is 49.6 Å². The minimum atomic E-state index is 0. The van der Waals surface area contributed by atoms with Crippen LogP contribution in [0.25, 0.3) is 16.9 Å². The average Bonchev–Trinajstić information content (AvgIpc) is 3.48. The molecule has 7 nitrogen and oxygen atoms in total. The first kappa shape index (κ1) is 22.5. The van der Waals surface area contributed by atoms with Crippen LogP contribution >= 0.6 is 24.0 Å². The molecule has 0 fully saturated rings. The molecular weight excluding hydrogens is 501 g/mol. The van der Waals surface area contributed by atoms with Crippen LogP contribution in [-0.2, 0) is 13.1 Å². The maximum atomic E-state index is 4.52. The van der Waals surface area contributed by atoms with E-state index in [9.17, 15) is 0 Å². The van der Waals surface area contributed by atoms with Crippen molar-refractivity contribution in [2.75, 3.05) is 14.1 Å². The Morgan fingerprint density at radius 3 is 2.71 bits per heavy atom. The van der Waals surface area contributed by atoms with Crippen molar-refractivity contribution in [1.82, 2.24) is 30.0 Å². The molecule has 160 valence electrons. The van der Waals surface area contributed by atoms with E-state index in [0.29, 0.717) is 13.1 Å². The Labute approximate surface area is 199 Å². The fourth-order valence-corrected chi connectivity index (χ4v) is 3.30. The Morgan fingerprint density at radius 2 is 1.97 bits per heavy atom. The number of guanidine groups is 1. The van der Waals surface area contributed by atoms with Gasteiger partial charge >= 0.3 is 0 Å². The van der Waals surface area contributed by atoms with E-state index in [4.69, 9.17) is 0 Å². The summed E-state index contributed by atoms with van der Waals surface area (Å²) in [6.07, 6.45) is 5.58. The second-order valence-electron chi connectivity index (χ2n) is 6.99. The van der Waals surface area contributed by atoms with Gasteiger partial charge in [-0.3, -0.25) is 4.99 Å². The molecule has 0 spiro atoms. The number of hydrogen-bond donors (Lipinski definition) is 2. The van der Waals surface area contributed by atoms with Crippen molar-refractivity contribution in [3.05, 3.63) is 90.6 Å². The Kier molecular flexibility index (Phi) is 7.82. The third-order valence-electron chi connectivity index (χ3n) is 4.80. The highest BCUT2D eigenvalue weighted by atomic mass is 127. The molecule has 2 heterocycles. The summed E-state index contributed by atoms with van der Waals surface area (Å²) in [6, 6.07) is 20.4. The fraction of sp³-hybridized carbons (Fsp3) is 0.174. The number of aromatic nitrogens is 4. The van der Waals surface area contributed by atoms with E-state index in [0.717, 1.165) is 34.3 Å². The lowest BCUT2D eigenvalue weighted by molar-refractivity contribution is 0.464. The normalized spacial score (nSPS) is 11.1. The summed E-state index contributed by atoms with van der Waals surface area (Å²) in [5.74, 6) is 1.69. The predicted molar refractivity (Wildman–Crippen MR) is 135 cm³/mol. The highest BCUT2D eigenvalue weighted by Crippen LogP contribution is 2.16. The van der Waals surface area contributed by atoms with Crippen molar-refractivity contribution in [3.63, 3.8) is 0 Å². The summed E-state index contributed by atoms with van der Waals surface area (Å²) in [6.45, 7) is 1.29. The van der Waals surface area contributed by atoms with Gasteiger partial charge in [0.2, 0.25) is 0 Å². The minimum absolute atomic E-state index is 0. The minimum Gasteiger partial charge on any atom is -0.352 e. The molecule has 2 N–H and O–H groups in total. The van der Waals surface area contributed by atoms with Crippen LogP contribution in [0.5, 0.6) is 0 Å². The van der Waals surface area contributed by atoms with Crippen molar-refractivity contribution in [3.8, 4) is 16.9 Å². The van der Waals surface area contributed by atoms with Gasteiger partial charge in [-0.2, -0.15) is 5.10 Å². The van der Waals surface area contributed by atoms with Gasteiger partial charge in [0.25, 0.3) is 0 Å². The summed E-state index contributed by atoms with van der Waals surface area (Å²) in [5, 5.41) is 7.71. The maximum absolute atomic E-state index is 4.52. The number of hydrogen-bond acceptors (Lipinski definition) is 3. The molecule has 8 heteroatoms. The number of aromatic amines is 1. The van der Waals surface area contributed by atoms with Gasteiger partial charge in [-0.15, -0.1) is 24.0 Å². The molecule has 0 aliphatic carbocycles. The largest absolute Gasteiger partial charge is 0.352 e. The average molecular weight is 527 g/mol. The van der Waals surface area contributed by atoms with Gasteiger partial charge < -0.3 is 15.2 Å². The first-order valence-electron chi connectivity index (χ1n) is 9.83. The molecule has 2 aromatic heterocycles. The topological polar surface area (TPSA) is 74.1 Å². The molecule has 0 unspecified atom stereocenters. The van der Waals surface area contributed by atoms with Gasteiger partial charge in [0.05, 0.1) is 24.1 Å². The van der Waals surface area contributed by atoms with E-state index in [1.165, 1.54) is 0 Å². The molecule has 0 saturated carbocycles. The summed E-state index contributed by atoms with van der Waals surface area (Å²) in [4.78, 5) is 14.4. The molecule has 0 aliphatic rings. The van der Waals surface area contributed by atoms with Gasteiger partial charge in [-0.25, -0.2) is 9.67 Å². The molecule has 31 heavy (non-hydrogen) atoms. The number of halogens is 1. The Morgan fingerprint density at radius 1 is 1.13 bits per heavy atom. The molecule has 0 aliphatic heterocycles. The summed E-state index contributed by atoms with van der Waals surface area (Å²) in [7, 11) is 3.79. The highest BCUT2D eigenvalue weighted by molar-refractivity contribution is 14.0. The monoisotopic (exact) mass is 527 g/mol. The Balaban J connectivity index is 0.00000272. The first-order valence-corrected chi connectivity index (χ1v) is 9.83. The van der Waals surface area contributed by atoms with Crippen LogP contribution in [0.2, 0.25) is 0 Å². The Bertz CT molecular complexity index is 1100. The smallest absolute Gasteiger partial charge is 0.194 e. The Hall–Kier alpha value is -3.14. The molecule has 0 atom stereocenters. The number of imidazole rings is 1. The number of rotatable bonds is 6. The number of benzene rings is 2. The van der Waals surface area contributed by atoms with E-state index >= 15 is 0 Å². The van der Waals surface area contributed by atoms with Crippen molar-refractivity contribution in [2.45, 2.75) is 13.1 Å². The SMILES string of the molecule is CN=C(NCc1cccc(-n2cccn2)c1)N(C)Cc1ncc(-c2ccccc2)[nH]1.I. The second kappa shape index (κ2) is 10.8. The number of nitrogens with one attached hydrogen (secondary N) is 2. The second-order valence-corrected chi connectivity index (χ2v) is 6.99. The molecule has 2 aromatic carbocycles. The van der Waals surface area contributed by atoms with Crippen LogP contribution in [0.4, 0.5) is 0 Å². The zero-order valence-corrected chi connectivity index (χ0v) is 19.9. The van der Waals surface area contributed by atoms with Crippen molar-refractivity contribution in [2.24, 2.45) is 4.99 Å². The molecule has 0 radical (unpaired) electrons. The van der Waals surface area contributed by atoms with E-state index in [1.807, 2.05) is 65.4 Å². The lowest BCUT2D eigenvalue weighted by atomic mass is 10.2. The van der Waals surface area contributed by atoms with Gasteiger partial charge in [0, 0.05) is 33.0 Å². The number of aliphatic imine (C=N–C) groups is 1. The fourth-order valence-electron chi connectivity index (χ4n) is 3.30. The standard InChI is InChI=1S/C23H25N7.HI/c1-24-23(26-15-18-8-6-11-20(14-18)30-13-7-12-27-30)29(2)17-22-25-16-21(28-22)19-9-4-3-5-10-19;/h3-14,16H,15,17H2,1-2H3,(H,24,26)(H,25,28);1H. The van der Waals surface area contributed by atoms with Gasteiger partial charge in [-0.1, -0.05) is 42.5 Å². The zero-order chi connectivity index (χ0) is 20.8.